The molecule has 2 aromatic heterocycles. The van der Waals surface area contributed by atoms with Crippen LogP contribution in [0.4, 0.5) is 0 Å². The molecule has 0 aromatic carbocycles. The molecular weight excluding hydrogens is 242 g/mol. The van der Waals surface area contributed by atoms with Crippen LogP contribution in [0.3, 0.4) is 0 Å². The smallest absolute Gasteiger partial charge is 0.213 e. The van der Waals surface area contributed by atoms with E-state index in [0.717, 1.165) is 0 Å². The van der Waals surface area contributed by atoms with Crippen molar-refractivity contribution in [2.45, 2.75) is 6.10 Å². The zero-order valence-electron chi connectivity index (χ0n) is 9.46. The van der Waals surface area contributed by atoms with Crippen molar-refractivity contribution >= 4 is 11.6 Å². The van der Waals surface area contributed by atoms with Gasteiger partial charge in [0, 0.05) is 13.1 Å². The van der Waals surface area contributed by atoms with Crippen molar-refractivity contribution < 1.29 is 9.84 Å². The molecule has 0 radical (unpaired) electrons. The summed E-state index contributed by atoms with van der Waals surface area (Å²) < 4.78 is 6.53. The third-order valence-corrected chi connectivity index (χ3v) is 2.72. The van der Waals surface area contributed by atoms with Gasteiger partial charge in [-0.25, -0.2) is 4.98 Å². The van der Waals surface area contributed by atoms with Crippen LogP contribution in [0, 0.1) is 0 Å². The quantitative estimate of drug-likeness (QED) is 0.902. The van der Waals surface area contributed by atoms with Crippen LogP contribution in [0.1, 0.15) is 17.5 Å². The number of aryl methyl sites for hydroxylation is 1. The lowest BCUT2D eigenvalue weighted by Gasteiger charge is -2.12. The minimum absolute atomic E-state index is 0.407. The first-order valence-corrected chi connectivity index (χ1v) is 5.37. The van der Waals surface area contributed by atoms with Gasteiger partial charge in [-0.2, -0.15) is 5.10 Å². The van der Waals surface area contributed by atoms with E-state index in [1.807, 2.05) is 0 Å². The number of aliphatic hydroxyl groups is 1. The van der Waals surface area contributed by atoms with Crippen LogP contribution in [0.2, 0.25) is 5.02 Å². The number of hydrogen-bond acceptors (Lipinski definition) is 4. The lowest BCUT2D eigenvalue weighted by molar-refractivity contribution is 0.203. The predicted molar refractivity (Wildman–Crippen MR) is 63.1 cm³/mol. The van der Waals surface area contributed by atoms with Gasteiger partial charge >= 0.3 is 0 Å². The summed E-state index contributed by atoms with van der Waals surface area (Å²) in [7, 11) is 3.24. The molecule has 6 heteroatoms. The monoisotopic (exact) mass is 253 g/mol. The number of rotatable bonds is 3. The molecule has 1 atom stereocenters. The van der Waals surface area contributed by atoms with E-state index < -0.39 is 6.10 Å². The van der Waals surface area contributed by atoms with Gasteiger partial charge in [-0.15, -0.1) is 0 Å². The molecule has 0 fully saturated rings. The third-order valence-electron chi connectivity index (χ3n) is 2.43. The molecule has 0 amide bonds. The van der Waals surface area contributed by atoms with Crippen LogP contribution in [-0.4, -0.2) is 27.0 Å². The van der Waals surface area contributed by atoms with Crippen molar-refractivity contribution in [3.05, 3.63) is 40.8 Å². The van der Waals surface area contributed by atoms with E-state index in [1.165, 1.54) is 18.0 Å². The van der Waals surface area contributed by atoms with Crippen molar-refractivity contribution in [3.63, 3.8) is 0 Å². The Morgan fingerprint density at radius 1 is 1.47 bits per heavy atom. The van der Waals surface area contributed by atoms with E-state index in [-0.39, 0.29) is 0 Å². The summed E-state index contributed by atoms with van der Waals surface area (Å²) in [6.45, 7) is 0. The highest BCUT2D eigenvalue weighted by Gasteiger charge is 2.19. The lowest BCUT2D eigenvalue weighted by Crippen LogP contribution is -2.09. The summed E-state index contributed by atoms with van der Waals surface area (Å²) in [5.41, 5.74) is 0.974. The molecule has 0 aliphatic carbocycles. The van der Waals surface area contributed by atoms with Crippen LogP contribution in [0.25, 0.3) is 0 Å². The summed E-state index contributed by atoms with van der Waals surface area (Å²) in [6.07, 6.45) is 0.561. The second-order valence-corrected chi connectivity index (χ2v) is 3.92. The van der Waals surface area contributed by atoms with E-state index in [4.69, 9.17) is 16.3 Å². The molecule has 5 nitrogen and oxygen atoms in total. The number of halogens is 1. The molecule has 0 saturated carbocycles. The molecule has 2 rings (SSSR count). The SMILES string of the molecule is COc1cccc(C(O)c2c(Cl)cnn2C)n1. The van der Waals surface area contributed by atoms with E-state index in [0.29, 0.717) is 22.3 Å². The topological polar surface area (TPSA) is 60.2 Å². The Kier molecular flexibility index (Phi) is 3.31. The fourth-order valence-corrected chi connectivity index (χ4v) is 1.83. The van der Waals surface area contributed by atoms with Gasteiger partial charge in [0.15, 0.2) is 0 Å². The minimum atomic E-state index is -0.926. The highest BCUT2D eigenvalue weighted by atomic mass is 35.5. The van der Waals surface area contributed by atoms with Crippen molar-refractivity contribution in [1.29, 1.82) is 0 Å². The van der Waals surface area contributed by atoms with Gasteiger partial charge in [-0.05, 0) is 6.07 Å². The Labute approximate surface area is 104 Å². The van der Waals surface area contributed by atoms with Crippen molar-refractivity contribution in [2.75, 3.05) is 7.11 Å². The van der Waals surface area contributed by atoms with Gasteiger partial charge in [-0.1, -0.05) is 17.7 Å². The molecule has 0 aliphatic rings. The van der Waals surface area contributed by atoms with Gasteiger partial charge in [0.05, 0.1) is 29.7 Å². The molecule has 0 aliphatic heterocycles. The summed E-state index contributed by atoms with van der Waals surface area (Å²) in [5, 5.41) is 14.6. The van der Waals surface area contributed by atoms with Crippen LogP contribution >= 0.6 is 11.6 Å². The second kappa shape index (κ2) is 4.73. The highest BCUT2D eigenvalue weighted by molar-refractivity contribution is 6.31. The molecule has 2 aromatic rings. The van der Waals surface area contributed by atoms with E-state index in [1.54, 1.807) is 25.2 Å². The van der Waals surface area contributed by atoms with Crippen LogP contribution in [0.5, 0.6) is 5.88 Å². The minimum Gasteiger partial charge on any atom is -0.481 e. The number of ether oxygens (including phenoxy) is 1. The molecule has 0 spiro atoms. The van der Waals surface area contributed by atoms with Gasteiger partial charge < -0.3 is 9.84 Å². The Balaban J connectivity index is 2.40. The summed E-state index contributed by atoms with van der Waals surface area (Å²) in [4.78, 5) is 4.16. The second-order valence-electron chi connectivity index (χ2n) is 3.51. The predicted octanol–water partition coefficient (Wildman–Crippen LogP) is 1.56. The number of aromatic nitrogens is 3. The molecule has 0 bridgehead atoms. The summed E-state index contributed by atoms with van der Waals surface area (Å²) >= 11 is 5.96. The van der Waals surface area contributed by atoms with Crippen LogP contribution < -0.4 is 4.74 Å². The van der Waals surface area contributed by atoms with Crippen LogP contribution in [0.15, 0.2) is 24.4 Å². The Morgan fingerprint density at radius 3 is 2.82 bits per heavy atom. The first-order valence-electron chi connectivity index (χ1n) is 5.00. The standard InChI is InChI=1S/C11H12ClN3O2/c1-15-10(7(12)6-13-15)11(16)8-4-3-5-9(14-8)17-2/h3-6,11,16H,1-2H3. The van der Waals surface area contributed by atoms with Crippen molar-refractivity contribution in [2.24, 2.45) is 7.05 Å². The van der Waals surface area contributed by atoms with E-state index in [9.17, 15) is 5.11 Å². The number of aliphatic hydroxyl groups excluding tert-OH is 1. The maximum atomic E-state index is 10.2. The largest absolute Gasteiger partial charge is 0.481 e. The molecule has 17 heavy (non-hydrogen) atoms. The zero-order chi connectivity index (χ0) is 12.4. The normalized spacial score (nSPS) is 12.5. The first kappa shape index (κ1) is 11.9. The van der Waals surface area contributed by atoms with Crippen molar-refractivity contribution in [1.82, 2.24) is 14.8 Å². The van der Waals surface area contributed by atoms with E-state index in [2.05, 4.69) is 10.1 Å². The fraction of sp³-hybridized carbons (Fsp3) is 0.273. The summed E-state index contributed by atoms with van der Waals surface area (Å²) in [6, 6.07) is 5.17. The molecule has 2 heterocycles. The third kappa shape index (κ3) is 2.25. The maximum Gasteiger partial charge on any atom is 0.213 e. The first-order chi connectivity index (χ1) is 8.13. The Bertz CT molecular complexity index is 508. The lowest BCUT2D eigenvalue weighted by atomic mass is 10.1. The average Bonchev–Trinajstić information content (AvgIpc) is 2.68. The number of methoxy groups -OCH3 is 1. The Hall–Kier alpha value is -1.59. The molecular formula is C11H12ClN3O2. The number of nitrogens with zero attached hydrogens (tertiary/aromatic N) is 3. The van der Waals surface area contributed by atoms with Gasteiger partial charge in [0.2, 0.25) is 5.88 Å². The van der Waals surface area contributed by atoms with Gasteiger partial charge in [-0.3, -0.25) is 4.68 Å². The average molecular weight is 254 g/mol. The maximum absolute atomic E-state index is 10.2. The molecule has 0 saturated heterocycles. The number of hydrogen-bond donors (Lipinski definition) is 1. The summed E-state index contributed by atoms with van der Waals surface area (Å²) in [5.74, 6) is 0.444. The van der Waals surface area contributed by atoms with Crippen LogP contribution in [-0.2, 0) is 7.05 Å². The molecule has 1 N–H and O–H groups in total. The van der Waals surface area contributed by atoms with E-state index >= 15 is 0 Å². The van der Waals surface area contributed by atoms with Gasteiger partial charge in [0.25, 0.3) is 0 Å². The van der Waals surface area contributed by atoms with Crippen molar-refractivity contribution in [3.8, 4) is 5.88 Å². The van der Waals surface area contributed by atoms with Gasteiger partial charge in [0.1, 0.15) is 6.10 Å². The molecule has 1 unspecified atom stereocenters. The highest BCUT2D eigenvalue weighted by Crippen LogP contribution is 2.27. The number of pyridine rings is 1. The Morgan fingerprint density at radius 2 is 2.24 bits per heavy atom. The molecule has 90 valence electrons. The fourth-order valence-electron chi connectivity index (χ4n) is 1.56. The zero-order valence-corrected chi connectivity index (χ0v) is 10.2.